The van der Waals surface area contributed by atoms with Crippen LogP contribution in [0.1, 0.15) is 13.8 Å². The molecule has 0 radical (unpaired) electrons. The predicted molar refractivity (Wildman–Crippen MR) is 73.8 cm³/mol. The van der Waals surface area contributed by atoms with Crippen molar-refractivity contribution in [1.29, 1.82) is 0 Å². The summed E-state index contributed by atoms with van der Waals surface area (Å²) < 4.78 is 10.6. The van der Waals surface area contributed by atoms with Crippen LogP contribution in [-0.2, 0) is 9.47 Å². The summed E-state index contributed by atoms with van der Waals surface area (Å²) in [4.78, 5) is 4.96. The van der Waals surface area contributed by atoms with Crippen molar-refractivity contribution >= 4 is 0 Å². The van der Waals surface area contributed by atoms with E-state index in [1.54, 1.807) is 7.11 Å². The lowest BCUT2D eigenvalue weighted by Gasteiger charge is -2.40. The zero-order chi connectivity index (χ0) is 13.4. The molecule has 0 amide bonds. The first-order chi connectivity index (χ1) is 8.69. The van der Waals surface area contributed by atoms with Crippen LogP contribution < -0.4 is 5.73 Å². The summed E-state index contributed by atoms with van der Waals surface area (Å²) in [6.07, 6.45) is 0. The summed E-state index contributed by atoms with van der Waals surface area (Å²) >= 11 is 0. The van der Waals surface area contributed by atoms with Crippen LogP contribution >= 0.6 is 0 Å². The second-order valence-corrected chi connectivity index (χ2v) is 5.12. The Morgan fingerprint density at radius 1 is 1.06 bits per heavy atom. The van der Waals surface area contributed by atoms with Gasteiger partial charge in [0.1, 0.15) is 0 Å². The lowest BCUT2D eigenvalue weighted by Crippen LogP contribution is -2.55. The molecule has 1 heterocycles. The third-order valence-electron chi connectivity index (χ3n) is 3.61. The second kappa shape index (κ2) is 8.82. The molecule has 1 fully saturated rings. The molecule has 0 aromatic carbocycles. The van der Waals surface area contributed by atoms with Gasteiger partial charge in [0.15, 0.2) is 0 Å². The molecule has 0 saturated carbocycles. The van der Waals surface area contributed by atoms with E-state index in [1.165, 1.54) is 0 Å². The van der Waals surface area contributed by atoms with E-state index in [0.717, 1.165) is 26.2 Å². The van der Waals surface area contributed by atoms with Gasteiger partial charge in [0.2, 0.25) is 0 Å². The van der Waals surface area contributed by atoms with Crippen molar-refractivity contribution in [3.63, 3.8) is 0 Å². The number of rotatable bonds is 8. The Hall–Kier alpha value is -0.200. The smallest absolute Gasteiger partial charge is 0.0701 e. The topological polar surface area (TPSA) is 51.0 Å². The Labute approximate surface area is 111 Å². The van der Waals surface area contributed by atoms with Crippen molar-refractivity contribution in [2.45, 2.75) is 25.9 Å². The van der Waals surface area contributed by atoms with Gasteiger partial charge in [-0.25, -0.2) is 0 Å². The first-order valence-corrected chi connectivity index (χ1v) is 6.94. The monoisotopic (exact) mass is 259 g/mol. The Kier molecular flexibility index (Phi) is 7.77. The fraction of sp³-hybridized carbons (Fsp3) is 1.00. The lowest BCUT2D eigenvalue weighted by molar-refractivity contribution is 0.0123. The number of ether oxygens (including phenoxy) is 2. The van der Waals surface area contributed by atoms with Crippen LogP contribution in [0.3, 0.4) is 0 Å². The van der Waals surface area contributed by atoms with E-state index < -0.39 is 0 Å². The number of hydrogen-bond donors (Lipinski definition) is 1. The van der Waals surface area contributed by atoms with Crippen molar-refractivity contribution in [1.82, 2.24) is 9.80 Å². The number of nitrogens with two attached hydrogens (primary N) is 1. The molecule has 0 bridgehead atoms. The van der Waals surface area contributed by atoms with Crippen LogP contribution in [0.5, 0.6) is 0 Å². The van der Waals surface area contributed by atoms with E-state index in [1.807, 2.05) is 0 Å². The Bertz CT molecular complexity index is 206. The molecule has 5 nitrogen and oxygen atoms in total. The number of piperazine rings is 1. The van der Waals surface area contributed by atoms with E-state index >= 15 is 0 Å². The van der Waals surface area contributed by atoms with Crippen molar-refractivity contribution in [2.75, 3.05) is 59.7 Å². The van der Waals surface area contributed by atoms with Gasteiger partial charge in [-0.1, -0.05) is 0 Å². The van der Waals surface area contributed by atoms with Gasteiger partial charge in [0.25, 0.3) is 0 Å². The van der Waals surface area contributed by atoms with Crippen LogP contribution in [0.4, 0.5) is 0 Å². The highest BCUT2D eigenvalue weighted by molar-refractivity contribution is 4.80. The minimum atomic E-state index is 0.344. The van der Waals surface area contributed by atoms with Crippen LogP contribution in [-0.4, -0.2) is 81.5 Å². The summed E-state index contributed by atoms with van der Waals surface area (Å²) in [6.45, 7) is 11.6. The average molecular weight is 259 g/mol. The van der Waals surface area contributed by atoms with E-state index in [9.17, 15) is 0 Å². The van der Waals surface area contributed by atoms with Gasteiger partial charge in [-0.3, -0.25) is 9.80 Å². The molecule has 1 atom stereocenters. The van der Waals surface area contributed by atoms with Crippen molar-refractivity contribution < 1.29 is 9.47 Å². The minimum Gasteiger partial charge on any atom is -0.382 e. The predicted octanol–water partition coefficient (Wildman–Crippen LogP) is 0.00270. The average Bonchev–Trinajstić information content (AvgIpc) is 2.39. The number of nitrogens with zero attached hydrogens (tertiary/aromatic N) is 2. The van der Waals surface area contributed by atoms with E-state index in [2.05, 4.69) is 23.6 Å². The minimum absolute atomic E-state index is 0.344. The van der Waals surface area contributed by atoms with Crippen LogP contribution in [0.25, 0.3) is 0 Å². The quantitative estimate of drug-likeness (QED) is 0.622. The summed E-state index contributed by atoms with van der Waals surface area (Å²) in [5, 5.41) is 0. The number of hydrogen-bond acceptors (Lipinski definition) is 5. The lowest BCUT2D eigenvalue weighted by atomic mass is 10.2. The van der Waals surface area contributed by atoms with Crippen molar-refractivity contribution in [2.24, 2.45) is 5.73 Å². The normalized spacial score (nSPS) is 20.5. The van der Waals surface area contributed by atoms with E-state index in [4.69, 9.17) is 15.2 Å². The van der Waals surface area contributed by atoms with Gasteiger partial charge in [0.05, 0.1) is 19.8 Å². The molecule has 5 heteroatoms. The molecule has 0 aliphatic carbocycles. The molecule has 0 spiro atoms. The zero-order valence-corrected chi connectivity index (χ0v) is 12.1. The first kappa shape index (κ1) is 15.9. The fourth-order valence-electron chi connectivity index (χ4n) is 2.30. The van der Waals surface area contributed by atoms with Gasteiger partial charge < -0.3 is 15.2 Å². The van der Waals surface area contributed by atoms with Crippen LogP contribution in [0.2, 0.25) is 0 Å². The maximum Gasteiger partial charge on any atom is 0.0701 e. The second-order valence-electron chi connectivity index (χ2n) is 5.12. The maximum absolute atomic E-state index is 5.85. The Balaban J connectivity index is 2.25. The fourth-order valence-corrected chi connectivity index (χ4v) is 2.30. The van der Waals surface area contributed by atoms with Gasteiger partial charge in [-0.15, -0.1) is 0 Å². The Morgan fingerprint density at radius 2 is 1.67 bits per heavy atom. The largest absolute Gasteiger partial charge is 0.382 e. The highest BCUT2D eigenvalue weighted by Crippen LogP contribution is 2.09. The van der Waals surface area contributed by atoms with Gasteiger partial charge in [0, 0.05) is 51.9 Å². The summed E-state index contributed by atoms with van der Waals surface area (Å²) in [6, 6.07) is 0.984. The number of methoxy groups -OCH3 is 1. The summed E-state index contributed by atoms with van der Waals surface area (Å²) in [5.74, 6) is 0. The molecule has 1 rings (SSSR count). The third kappa shape index (κ3) is 5.20. The molecule has 1 unspecified atom stereocenters. The van der Waals surface area contributed by atoms with E-state index in [0.29, 0.717) is 38.4 Å². The Morgan fingerprint density at radius 3 is 2.17 bits per heavy atom. The molecule has 0 aromatic rings. The van der Waals surface area contributed by atoms with Gasteiger partial charge in [-0.05, 0) is 13.8 Å². The molecule has 108 valence electrons. The third-order valence-corrected chi connectivity index (χ3v) is 3.61. The summed E-state index contributed by atoms with van der Waals surface area (Å²) in [5.41, 5.74) is 5.85. The van der Waals surface area contributed by atoms with Crippen LogP contribution in [0.15, 0.2) is 0 Å². The SMILES string of the molecule is COCCOCC(CN)N1CCN(C(C)C)CC1. The van der Waals surface area contributed by atoms with Gasteiger partial charge >= 0.3 is 0 Å². The molecule has 1 aliphatic heterocycles. The molecule has 1 aliphatic rings. The molecule has 1 saturated heterocycles. The molecule has 18 heavy (non-hydrogen) atoms. The summed E-state index contributed by atoms with van der Waals surface area (Å²) in [7, 11) is 1.69. The standard InChI is InChI=1S/C13H29N3O2/c1-12(2)15-4-6-16(7-5-15)13(10-14)11-18-9-8-17-3/h12-13H,4-11,14H2,1-3H3. The van der Waals surface area contributed by atoms with Gasteiger partial charge in [-0.2, -0.15) is 0 Å². The van der Waals surface area contributed by atoms with E-state index in [-0.39, 0.29) is 0 Å². The van der Waals surface area contributed by atoms with Crippen molar-refractivity contribution in [3.05, 3.63) is 0 Å². The molecular weight excluding hydrogens is 230 g/mol. The van der Waals surface area contributed by atoms with Crippen molar-refractivity contribution in [3.8, 4) is 0 Å². The molecular formula is C13H29N3O2. The molecule has 0 aromatic heterocycles. The molecule has 2 N–H and O–H groups in total. The first-order valence-electron chi connectivity index (χ1n) is 6.94. The highest BCUT2D eigenvalue weighted by atomic mass is 16.5. The van der Waals surface area contributed by atoms with Crippen LogP contribution in [0, 0.1) is 0 Å². The highest BCUT2D eigenvalue weighted by Gasteiger charge is 2.23. The maximum atomic E-state index is 5.85. The zero-order valence-electron chi connectivity index (χ0n) is 12.1.